The van der Waals surface area contributed by atoms with Crippen LogP contribution in [0.1, 0.15) is 12.8 Å². The van der Waals surface area contributed by atoms with Gasteiger partial charge in [-0.05, 0) is 0 Å². The number of nitrogens with two attached hydrogens (primary N) is 1. The quantitative estimate of drug-likeness (QED) is 0.538. The van der Waals surface area contributed by atoms with Crippen molar-refractivity contribution in [1.29, 1.82) is 0 Å². The van der Waals surface area contributed by atoms with Crippen LogP contribution in [0.5, 0.6) is 0 Å². The van der Waals surface area contributed by atoms with Gasteiger partial charge in [0.2, 0.25) is 0 Å². The fraction of sp³-hybridized carbons (Fsp3) is 0.700. The van der Waals surface area contributed by atoms with Crippen molar-refractivity contribution in [3.8, 4) is 0 Å². The van der Waals surface area contributed by atoms with Crippen LogP contribution < -0.4 is 5.73 Å². The first-order valence-corrected chi connectivity index (χ1v) is 4.83. The van der Waals surface area contributed by atoms with E-state index in [9.17, 15) is 4.79 Å². The van der Waals surface area contributed by atoms with E-state index in [1.807, 2.05) is 0 Å². The molecule has 5 heteroatoms. The molecule has 1 heterocycles. The number of esters is 1. The number of ether oxygens (including phenoxy) is 3. The first-order valence-electron chi connectivity index (χ1n) is 4.83. The molecule has 0 aromatic carbocycles. The molecule has 0 radical (unpaired) electrons. The molecular formula is C10H17NO4. The van der Waals surface area contributed by atoms with Crippen LogP contribution in [-0.4, -0.2) is 39.0 Å². The number of hydrogen-bond donors (Lipinski definition) is 1. The van der Waals surface area contributed by atoms with Crippen molar-refractivity contribution >= 4 is 5.97 Å². The molecule has 0 aromatic rings. The molecule has 15 heavy (non-hydrogen) atoms. The maximum Gasteiger partial charge on any atom is 0.332 e. The average molecular weight is 215 g/mol. The summed E-state index contributed by atoms with van der Waals surface area (Å²) in [5, 5.41) is 0. The Bertz CT molecular complexity index is 256. The van der Waals surface area contributed by atoms with Crippen LogP contribution >= 0.6 is 0 Å². The summed E-state index contributed by atoms with van der Waals surface area (Å²) >= 11 is 0. The van der Waals surface area contributed by atoms with Gasteiger partial charge in [0.25, 0.3) is 0 Å². The Balaban J connectivity index is 2.80. The van der Waals surface area contributed by atoms with Crippen LogP contribution in [0.15, 0.2) is 11.8 Å². The van der Waals surface area contributed by atoms with Crippen molar-refractivity contribution in [2.75, 3.05) is 27.4 Å². The lowest BCUT2D eigenvalue weighted by Crippen LogP contribution is -2.43. The van der Waals surface area contributed by atoms with Gasteiger partial charge >= 0.3 is 5.97 Å². The van der Waals surface area contributed by atoms with Gasteiger partial charge < -0.3 is 19.9 Å². The second-order valence-corrected chi connectivity index (χ2v) is 3.43. The Morgan fingerprint density at radius 3 is 2.47 bits per heavy atom. The van der Waals surface area contributed by atoms with Crippen LogP contribution in [-0.2, 0) is 19.0 Å². The number of carbonyl (C=O) groups excluding carboxylic acids is 1. The first kappa shape index (κ1) is 12.0. The van der Waals surface area contributed by atoms with Crippen molar-refractivity contribution in [2.24, 2.45) is 5.73 Å². The molecule has 5 nitrogen and oxygen atoms in total. The Labute approximate surface area is 89.2 Å². The van der Waals surface area contributed by atoms with Gasteiger partial charge in [-0.2, -0.15) is 0 Å². The molecule has 0 spiro atoms. The van der Waals surface area contributed by atoms with Crippen LogP contribution in [0.3, 0.4) is 0 Å². The Hall–Kier alpha value is -1.07. The predicted molar refractivity (Wildman–Crippen MR) is 54.1 cm³/mol. The maximum absolute atomic E-state index is 11.1. The summed E-state index contributed by atoms with van der Waals surface area (Å²) in [7, 11) is 2.90. The van der Waals surface area contributed by atoms with E-state index in [4.69, 9.17) is 15.2 Å². The highest BCUT2D eigenvalue weighted by molar-refractivity contribution is 5.82. The second kappa shape index (κ2) is 5.14. The molecule has 1 saturated heterocycles. The fourth-order valence-corrected chi connectivity index (χ4v) is 1.63. The summed E-state index contributed by atoms with van der Waals surface area (Å²) in [5.74, 6) is -0.463. The zero-order valence-electron chi connectivity index (χ0n) is 9.12. The molecular weight excluding hydrogens is 198 g/mol. The lowest BCUT2D eigenvalue weighted by atomic mass is 9.90. The number of hydrogen-bond acceptors (Lipinski definition) is 5. The van der Waals surface area contributed by atoms with E-state index < -0.39 is 11.6 Å². The summed E-state index contributed by atoms with van der Waals surface area (Å²) in [4.78, 5) is 11.1. The molecule has 1 fully saturated rings. The summed E-state index contributed by atoms with van der Waals surface area (Å²) in [5.41, 5.74) is 5.68. The summed E-state index contributed by atoms with van der Waals surface area (Å²) < 4.78 is 15.2. The van der Waals surface area contributed by atoms with E-state index in [1.165, 1.54) is 13.2 Å². The van der Waals surface area contributed by atoms with Gasteiger partial charge in [0.05, 0.1) is 7.11 Å². The van der Waals surface area contributed by atoms with Gasteiger partial charge in [-0.1, -0.05) is 0 Å². The molecule has 0 amide bonds. The monoisotopic (exact) mass is 215 g/mol. The molecule has 0 aliphatic carbocycles. The molecule has 86 valence electrons. The molecule has 2 N–H and O–H groups in total. The molecule has 0 unspecified atom stereocenters. The fourth-order valence-electron chi connectivity index (χ4n) is 1.63. The highest BCUT2D eigenvalue weighted by Gasteiger charge is 2.35. The maximum atomic E-state index is 11.1. The minimum Gasteiger partial charge on any atom is -0.466 e. The smallest absolute Gasteiger partial charge is 0.332 e. The van der Waals surface area contributed by atoms with Crippen molar-refractivity contribution in [1.82, 2.24) is 0 Å². The highest BCUT2D eigenvalue weighted by atomic mass is 16.5. The van der Waals surface area contributed by atoms with Gasteiger partial charge in [-0.25, -0.2) is 4.79 Å². The third kappa shape index (κ3) is 2.70. The Morgan fingerprint density at radius 2 is 2.00 bits per heavy atom. The lowest BCUT2D eigenvalue weighted by molar-refractivity contribution is -0.135. The normalized spacial score (nSPS) is 21.1. The van der Waals surface area contributed by atoms with Crippen LogP contribution in [0, 0.1) is 0 Å². The molecule has 1 aliphatic heterocycles. The zero-order valence-corrected chi connectivity index (χ0v) is 9.12. The van der Waals surface area contributed by atoms with Crippen LogP contribution in [0.25, 0.3) is 0 Å². The van der Waals surface area contributed by atoms with Crippen molar-refractivity contribution < 1.29 is 19.0 Å². The van der Waals surface area contributed by atoms with E-state index >= 15 is 0 Å². The Morgan fingerprint density at radius 1 is 1.40 bits per heavy atom. The van der Waals surface area contributed by atoms with E-state index in [0.29, 0.717) is 31.8 Å². The molecule has 0 saturated carbocycles. The summed E-state index contributed by atoms with van der Waals surface area (Å²) in [6.45, 7) is 1.17. The molecule has 0 atom stereocenters. The largest absolute Gasteiger partial charge is 0.466 e. The number of methoxy groups -OCH3 is 2. The van der Waals surface area contributed by atoms with Crippen molar-refractivity contribution in [3.05, 3.63) is 11.8 Å². The standard InChI is InChI=1S/C10H17NO4/c1-13-9(12)7-8(11)10(14-2)3-5-15-6-4-10/h7H,3-6,11H2,1-2H3. The number of rotatable bonds is 3. The third-order valence-corrected chi connectivity index (χ3v) is 2.69. The minimum atomic E-state index is -0.577. The third-order valence-electron chi connectivity index (χ3n) is 2.69. The van der Waals surface area contributed by atoms with Gasteiger partial charge in [0, 0.05) is 44.9 Å². The number of carbonyl (C=O) groups is 1. The zero-order chi connectivity index (χ0) is 11.3. The van der Waals surface area contributed by atoms with E-state index in [0.717, 1.165) is 0 Å². The highest BCUT2D eigenvalue weighted by Crippen LogP contribution is 2.29. The minimum absolute atomic E-state index is 0.403. The first-order chi connectivity index (χ1) is 7.14. The van der Waals surface area contributed by atoms with Gasteiger partial charge in [0.15, 0.2) is 0 Å². The molecule has 1 rings (SSSR count). The van der Waals surface area contributed by atoms with E-state index in [-0.39, 0.29) is 0 Å². The Kier molecular flexibility index (Phi) is 4.11. The second-order valence-electron chi connectivity index (χ2n) is 3.43. The molecule has 0 aromatic heterocycles. The van der Waals surface area contributed by atoms with Crippen molar-refractivity contribution in [2.45, 2.75) is 18.4 Å². The summed E-state index contributed by atoms with van der Waals surface area (Å²) in [6.07, 6.45) is 2.58. The van der Waals surface area contributed by atoms with Gasteiger partial charge in [-0.3, -0.25) is 0 Å². The van der Waals surface area contributed by atoms with Crippen LogP contribution in [0.4, 0.5) is 0 Å². The van der Waals surface area contributed by atoms with Gasteiger partial charge in [-0.15, -0.1) is 0 Å². The predicted octanol–water partition coefficient (Wildman–Crippen LogP) is 0.198. The van der Waals surface area contributed by atoms with Gasteiger partial charge in [0.1, 0.15) is 5.60 Å². The topological polar surface area (TPSA) is 70.8 Å². The van der Waals surface area contributed by atoms with E-state index in [2.05, 4.69) is 4.74 Å². The lowest BCUT2D eigenvalue weighted by Gasteiger charge is -2.36. The summed E-state index contributed by atoms with van der Waals surface area (Å²) in [6, 6.07) is 0. The molecule has 1 aliphatic rings. The van der Waals surface area contributed by atoms with Crippen LogP contribution in [0.2, 0.25) is 0 Å². The molecule has 0 bridgehead atoms. The SMILES string of the molecule is COC(=O)C=C(N)C1(OC)CCOCC1. The van der Waals surface area contributed by atoms with Crippen molar-refractivity contribution in [3.63, 3.8) is 0 Å². The average Bonchev–Trinajstić information content (AvgIpc) is 2.29. The van der Waals surface area contributed by atoms with E-state index in [1.54, 1.807) is 7.11 Å².